The number of carboxylic acids is 1. The minimum absolute atomic E-state index is 0.310. The second-order valence-corrected chi connectivity index (χ2v) is 5.02. The first-order valence-corrected chi connectivity index (χ1v) is 5.83. The Morgan fingerprint density at radius 2 is 2.33 bits per heavy atom. The van der Waals surface area contributed by atoms with Crippen LogP contribution in [0.25, 0.3) is 0 Å². The van der Waals surface area contributed by atoms with Gasteiger partial charge in [0.2, 0.25) is 0 Å². The summed E-state index contributed by atoms with van der Waals surface area (Å²) >= 11 is 5.97. The van der Waals surface area contributed by atoms with E-state index in [1.165, 1.54) is 6.92 Å². The molecular formula is C12H15ClN2O3. The molecule has 1 aliphatic rings. The van der Waals surface area contributed by atoms with E-state index in [-0.39, 0.29) is 0 Å². The van der Waals surface area contributed by atoms with E-state index in [0.717, 1.165) is 0 Å². The number of aliphatic carboxylic acids is 1. The van der Waals surface area contributed by atoms with Gasteiger partial charge in [-0.1, -0.05) is 17.7 Å². The lowest BCUT2D eigenvalue weighted by Gasteiger charge is -2.34. The molecule has 0 spiro atoms. The third-order valence-electron chi connectivity index (χ3n) is 2.79. The third kappa shape index (κ3) is 3.33. The highest BCUT2D eigenvalue weighted by Gasteiger charge is 2.33. The van der Waals surface area contributed by atoms with Gasteiger partial charge in [0, 0.05) is 17.0 Å². The molecule has 0 heterocycles. The van der Waals surface area contributed by atoms with E-state index in [4.69, 9.17) is 22.0 Å². The number of carbonyl (C=O) groups is 1. The molecule has 6 heteroatoms. The third-order valence-corrected chi connectivity index (χ3v) is 3.12. The van der Waals surface area contributed by atoms with E-state index in [0.29, 0.717) is 17.0 Å². The van der Waals surface area contributed by atoms with E-state index in [2.05, 4.69) is 5.32 Å². The van der Waals surface area contributed by atoms with Gasteiger partial charge < -0.3 is 10.2 Å². The molecule has 0 aliphatic heterocycles. The topological polar surface area (TPSA) is 93.4 Å². The van der Waals surface area contributed by atoms with Crippen LogP contribution in [0.3, 0.4) is 0 Å². The van der Waals surface area contributed by atoms with Crippen LogP contribution in [0.4, 0.5) is 0 Å². The van der Waals surface area contributed by atoms with Gasteiger partial charge in [0.1, 0.15) is 12.1 Å². The average molecular weight is 271 g/mol. The summed E-state index contributed by atoms with van der Waals surface area (Å²) in [6.07, 6.45) is 2.52. The van der Waals surface area contributed by atoms with Crippen LogP contribution in [0.1, 0.15) is 20.3 Å². The van der Waals surface area contributed by atoms with E-state index >= 15 is 0 Å². The molecule has 5 nitrogen and oxygen atoms in total. The summed E-state index contributed by atoms with van der Waals surface area (Å²) in [5, 5.41) is 30.4. The van der Waals surface area contributed by atoms with Gasteiger partial charge in [-0.2, -0.15) is 5.26 Å². The number of hydrogen-bond acceptors (Lipinski definition) is 4. The molecule has 0 bridgehead atoms. The Kier molecular flexibility index (Phi) is 4.52. The van der Waals surface area contributed by atoms with Crippen molar-refractivity contribution >= 4 is 17.6 Å². The number of rotatable bonds is 4. The van der Waals surface area contributed by atoms with Crippen molar-refractivity contribution in [1.29, 1.82) is 5.26 Å². The second kappa shape index (κ2) is 5.53. The van der Waals surface area contributed by atoms with Gasteiger partial charge in [0.15, 0.2) is 0 Å². The molecule has 0 saturated heterocycles. The molecular weight excluding hydrogens is 256 g/mol. The minimum Gasteiger partial charge on any atom is -0.480 e. The molecule has 0 aromatic heterocycles. The Hall–Kier alpha value is -1.35. The Morgan fingerprint density at radius 3 is 2.72 bits per heavy atom. The zero-order chi connectivity index (χ0) is 13.9. The maximum Gasteiger partial charge on any atom is 0.323 e. The Balaban J connectivity index is 2.87. The molecule has 1 rings (SSSR count). The highest BCUT2D eigenvalue weighted by atomic mass is 35.5. The predicted octanol–water partition coefficient (Wildman–Crippen LogP) is 1.15. The smallest absolute Gasteiger partial charge is 0.323 e. The van der Waals surface area contributed by atoms with Crippen molar-refractivity contribution in [2.75, 3.05) is 0 Å². The number of nitrogens with zero attached hydrogens (tertiary/aromatic N) is 1. The molecule has 0 aromatic carbocycles. The van der Waals surface area contributed by atoms with Gasteiger partial charge in [0.05, 0.1) is 11.7 Å². The summed E-state index contributed by atoms with van der Waals surface area (Å²) in [6.45, 7) is 3.16. The molecule has 0 saturated carbocycles. The van der Waals surface area contributed by atoms with E-state index < -0.39 is 23.7 Å². The van der Waals surface area contributed by atoms with Gasteiger partial charge in [-0.05, 0) is 19.9 Å². The van der Waals surface area contributed by atoms with E-state index in [9.17, 15) is 9.90 Å². The van der Waals surface area contributed by atoms with E-state index in [1.54, 1.807) is 19.1 Å². The summed E-state index contributed by atoms with van der Waals surface area (Å²) in [4.78, 5) is 11.0. The maximum absolute atomic E-state index is 11.0. The molecule has 1 unspecified atom stereocenters. The lowest BCUT2D eigenvalue weighted by Crippen LogP contribution is -2.55. The SMILES string of the molecule is C[C@H](O)[C@@H](NC1(C)C=CC(C#N)=C(Cl)C1)C(=O)O. The Labute approximate surface area is 110 Å². The number of hydrogen-bond donors (Lipinski definition) is 3. The number of nitriles is 1. The van der Waals surface area contributed by atoms with Crippen LogP contribution in [-0.2, 0) is 4.79 Å². The maximum atomic E-state index is 11.0. The lowest BCUT2D eigenvalue weighted by atomic mass is 9.89. The number of carboxylic acid groups (broad SMARTS) is 1. The van der Waals surface area contributed by atoms with E-state index in [1.807, 2.05) is 6.07 Å². The largest absolute Gasteiger partial charge is 0.480 e. The zero-order valence-electron chi connectivity index (χ0n) is 10.1. The normalized spacial score (nSPS) is 26.6. The lowest BCUT2D eigenvalue weighted by molar-refractivity contribution is -0.142. The number of halogens is 1. The summed E-state index contributed by atoms with van der Waals surface area (Å²) in [6, 6.07) is 0.868. The van der Waals surface area contributed by atoms with Crippen molar-refractivity contribution in [3.05, 3.63) is 22.8 Å². The van der Waals surface area contributed by atoms with Gasteiger partial charge in [-0.3, -0.25) is 10.1 Å². The van der Waals surface area contributed by atoms with Crippen molar-refractivity contribution < 1.29 is 15.0 Å². The fraction of sp³-hybridized carbons (Fsp3) is 0.500. The van der Waals surface area contributed by atoms with Crippen LogP contribution >= 0.6 is 11.6 Å². The first-order chi connectivity index (χ1) is 8.29. The summed E-state index contributed by atoms with van der Waals surface area (Å²) in [7, 11) is 0. The van der Waals surface area contributed by atoms with Gasteiger partial charge in [-0.15, -0.1) is 0 Å². The Bertz CT molecular complexity index is 451. The van der Waals surface area contributed by atoms with Crippen molar-refractivity contribution in [2.24, 2.45) is 0 Å². The van der Waals surface area contributed by atoms with Crippen molar-refractivity contribution in [1.82, 2.24) is 5.32 Å². The summed E-state index contributed by atoms with van der Waals surface area (Å²) in [5.74, 6) is -1.13. The molecule has 3 N–H and O–H groups in total. The van der Waals surface area contributed by atoms with Crippen LogP contribution in [0.5, 0.6) is 0 Å². The fourth-order valence-electron chi connectivity index (χ4n) is 1.78. The highest BCUT2D eigenvalue weighted by molar-refractivity contribution is 6.30. The van der Waals surface area contributed by atoms with Crippen molar-refractivity contribution in [2.45, 2.75) is 38.0 Å². The number of nitrogens with one attached hydrogen (secondary N) is 1. The van der Waals surface area contributed by atoms with Gasteiger partial charge in [0.25, 0.3) is 0 Å². The summed E-state index contributed by atoms with van der Waals surface area (Å²) < 4.78 is 0. The van der Waals surface area contributed by atoms with Crippen LogP contribution in [-0.4, -0.2) is 33.9 Å². The molecule has 0 fully saturated rings. The molecule has 98 valence electrons. The fourth-order valence-corrected chi connectivity index (χ4v) is 2.16. The first-order valence-electron chi connectivity index (χ1n) is 5.45. The number of aliphatic hydroxyl groups is 1. The molecule has 0 aromatic rings. The molecule has 1 aliphatic carbocycles. The zero-order valence-corrected chi connectivity index (χ0v) is 10.9. The van der Waals surface area contributed by atoms with Crippen LogP contribution in [0, 0.1) is 11.3 Å². The average Bonchev–Trinajstić information content (AvgIpc) is 2.25. The highest BCUT2D eigenvalue weighted by Crippen LogP contribution is 2.29. The summed E-state index contributed by atoms with van der Waals surface area (Å²) in [5.41, 5.74) is -0.322. The second-order valence-electron chi connectivity index (χ2n) is 4.56. The molecule has 0 amide bonds. The van der Waals surface area contributed by atoms with Crippen LogP contribution in [0.15, 0.2) is 22.8 Å². The quantitative estimate of drug-likeness (QED) is 0.712. The molecule has 3 atom stereocenters. The number of allylic oxidation sites excluding steroid dienone is 2. The predicted molar refractivity (Wildman–Crippen MR) is 66.9 cm³/mol. The monoisotopic (exact) mass is 270 g/mol. The standard InChI is InChI=1S/C12H15ClN2O3/c1-7(16)10(11(17)18)15-12(2)4-3-8(6-14)9(13)5-12/h3-4,7,10,15-16H,5H2,1-2H3,(H,17,18)/t7-,10+,12?/m0/s1. The van der Waals surface area contributed by atoms with Crippen LogP contribution < -0.4 is 5.32 Å². The van der Waals surface area contributed by atoms with Gasteiger partial charge in [-0.25, -0.2) is 0 Å². The number of aliphatic hydroxyl groups excluding tert-OH is 1. The first kappa shape index (κ1) is 14.7. The van der Waals surface area contributed by atoms with Gasteiger partial charge >= 0.3 is 5.97 Å². The minimum atomic E-state index is -1.13. The van der Waals surface area contributed by atoms with Crippen molar-refractivity contribution in [3.63, 3.8) is 0 Å². The van der Waals surface area contributed by atoms with Crippen LogP contribution in [0.2, 0.25) is 0 Å². The molecule has 18 heavy (non-hydrogen) atoms. The molecule has 0 radical (unpaired) electrons. The Morgan fingerprint density at radius 1 is 1.72 bits per heavy atom. The van der Waals surface area contributed by atoms with Crippen molar-refractivity contribution in [3.8, 4) is 6.07 Å².